The average molecular weight is 324 g/mol. The van der Waals surface area contributed by atoms with Crippen molar-refractivity contribution in [3.05, 3.63) is 64.4 Å². The Kier molecular flexibility index (Phi) is 5.36. The van der Waals surface area contributed by atoms with E-state index >= 15 is 0 Å². The molecule has 0 atom stereocenters. The number of hydrogen-bond donors (Lipinski definition) is 1. The third-order valence-corrected chi connectivity index (χ3v) is 3.11. The van der Waals surface area contributed by atoms with Gasteiger partial charge in [0.15, 0.2) is 0 Å². The van der Waals surface area contributed by atoms with Crippen molar-refractivity contribution in [2.45, 2.75) is 6.54 Å². The maximum absolute atomic E-state index is 13.5. The van der Waals surface area contributed by atoms with Crippen LogP contribution in [-0.4, -0.2) is 13.2 Å². The van der Waals surface area contributed by atoms with Crippen LogP contribution in [0.2, 0.25) is 0 Å². The van der Waals surface area contributed by atoms with Gasteiger partial charge in [0.05, 0.1) is 0 Å². The fraction of sp³-hybridized carbons (Fsp3) is 0.200. The molecule has 4 heteroatoms. The first-order chi connectivity index (χ1) is 9.25. The van der Waals surface area contributed by atoms with Crippen molar-refractivity contribution >= 4 is 15.9 Å². The Morgan fingerprint density at radius 1 is 1.11 bits per heavy atom. The van der Waals surface area contributed by atoms with E-state index in [0.717, 1.165) is 10.2 Å². The van der Waals surface area contributed by atoms with Gasteiger partial charge >= 0.3 is 0 Å². The van der Waals surface area contributed by atoms with Crippen LogP contribution < -0.4 is 10.1 Å². The fourth-order valence-electron chi connectivity index (χ4n) is 1.66. The van der Waals surface area contributed by atoms with Crippen molar-refractivity contribution in [3.8, 4) is 5.75 Å². The monoisotopic (exact) mass is 323 g/mol. The number of nitrogens with one attached hydrogen (secondary N) is 1. The van der Waals surface area contributed by atoms with Gasteiger partial charge in [0.2, 0.25) is 0 Å². The van der Waals surface area contributed by atoms with E-state index in [9.17, 15) is 4.39 Å². The molecule has 2 nitrogen and oxygen atoms in total. The lowest BCUT2D eigenvalue weighted by molar-refractivity contribution is 0.313. The molecule has 2 aromatic carbocycles. The minimum absolute atomic E-state index is 0.195. The van der Waals surface area contributed by atoms with Crippen LogP contribution >= 0.6 is 15.9 Å². The van der Waals surface area contributed by atoms with Gasteiger partial charge in [-0.2, -0.15) is 0 Å². The summed E-state index contributed by atoms with van der Waals surface area (Å²) in [6.07, 6.45) is 0. The lowest BCUT2D eigenvalue weighted by Gasteiger charge is -2.08. The van der Waals surface area contributed by atoms with Crippen LogP contribution in [0.25, 0.3) is 0 Å². The fourth-order valence-corrected chi connectivity index (χ4v) is 2.07. The van der Waals surface area contributed by atoms with Crippen molar-refractivity contribution in [2.75, 3.05) is 13.2 Å². The van der Waals surface area contributed by atoms with Gasteiger partial charge < -0.3 is 10.1 Å². The molecule has 0 heterocycles. The van der Waals surface area contributed by atoms with Gasteiger partial charge in [0.25, 0.3) is 0 Å². The third-order valence-electron chi connectivity index (χ3n) is 2.61. The number of benzene rings is 2. The molecule has 1 N–H and O–H groups in total. The van der Waals surface area contributed by atoms with Crippen LogP contribution in [-0.2, 0) is 6.54 Å². The Labute approximate surface area is 120 Å². The topological polar surface area (TPSA) is 21.3 Å². The molecule has 2 aromatic rings. The Bertz CT molecular complexity index is 519. The van der Waals surface area contributed by atoms with E-state index in [1.54, 1.807) is 12.1 Å². The summed E-state index contributed by atoms with van der Waals surface area (Å²) in [4.78, 5) is 0. The van der Waals surface area contributed by atoms with E-state index in [1.165, 1.54) is 6.07 Å². The number of ether oxygens (including phenoxy) is 1. The number of rotatable bonds is 6. The van der Waals surface area contributed by atoms with Crippen LogP contribution in [0.15, 0.2) is 53.0 Å². The van der Waals surface area contributed by atoms with E-state index < -0.39 is 0 Å². The first kappa shape index (κ1) is 14.0. The van der Waals surface area contributed by atoms with Crippen LogP contribution in [0.5, 0.6) is 5.75 Å². The summed E-state index contributed by atoms with van der Waals surface area (Å²) in [7, 11) is 0. The largest absolute Gasteiger partial charge is 0.492 e. The van der Waals surface area contributed by atoms with Gasteiger partial charge in [0, 0.05) is 23.1 Å². The molecule has 0 aromatic heterocycles. The number of halogens is 2. The molecule has 0 aliphatic carbocycles. The van der Waals surface area contributed by atoms with E-state index in [2.05, 4.69) is 21.2 Å². The molecule has 2 rings (SSSR count). The zero-order valence-corrected chi connectivity index (χ0v) is 12.0. The molecule has 0 aliphatic rings. The van der Waals surface area contributed by atoms with Crippen molar-refractivity contribution in [2.24, 2.45) is 0 Å². The minimum atomic E-state index is -0.195. The summed E-state index contributed by atoms with van der Waals surface area (Å²) in [5.41, 5.74) is 0.647. The summed E-state index contributed by atoms with van der Waals surface area (Å²) in [5, 5.41) is 3.15. The first-order valence-corrected chi connectivity index (χ1v) is 6.87. The van der Waals surface area contributed by atoms with Crippen LogP contribution in [0.1, 0.15) is 5.56 Å². The third kappa shape index (κ3) is 4.65. The lowest BCUT2D eigenvalue weighted by Crippen LogP contribution is -2.21. The predicted octanol–water partition coefficient (Wildman–Crippen LogP) is 3.76. The number of hydrogen-bond acceptors (Lipinski definition) is 2. The molecule has 0 saturated carbocycles. The summed E-state index contributed by atoms with van der Waals surface area (Å²) < 4.78 is 19.9. The maximum Gasteiger partial charge on any atom is 0.127 e. The standard InChI is InChI=1S/C15H15BrFNO/c16-13-6-7-15(17)12(10-13)11-18-8-9-19-14-4-2-1-3-5-14/h1-7,10,18H,8-9,11H2. The lowest BCUT2D eigenvalue weighted by atomic mass is 10.2. The Hall–Kier alpha value is -1.39. The van der Waals surface area contributed by atoms with E-state index in [-0.39, 0.29) is 5.82 Å². The molecule has 0 radical (unpaired) electrons. The van der Waals surface area contributed by atoms with Gasteiger partial charge in [-0.15, -0.1) is 0 Å². The smallest absolute Gasteiger partial charge is 0.127 e. The molecule has 0 bridgehead atoms. The van der Waals surface area contributed by atoms with Gasteiger partial charge in [-0.05, 0) is 30.3 Å². The maximum atomic E-state index is 13.5. The second-order valence-electron chi connectivity index (χ2n) is 4.07. The highest BCUT2D eigenvalue weighted by atomic mass is 79.9. The molecule has 0 aliphatic heterocycles. The second kappa shape index (κ2) is 7.26. The van der Waals surface area contributed by atoms with Crippen LogP contribution in [0, 0.1) is 5.82 Å². The van der Waals surface area contributed by atoms with Gasteiger partial charge in [-0.25, -0.2) is 4.39 Å². The molecule has 100 valence electrons. The highest BCUT2D eigenvalue weighted by Gasteiger charge is 2.02. The summed E-state index contributed by atoms with van der Waals surface area (Å²) in [5.74, 6) is 0.651. The SMILES string of the molecule is Fc1ccc(Br)cc1CNCCOc1ccccc1. The Morgan fingerprint density at radius 2 is 1.89 bits per heavy atom. The quantitative estimate of drug-likeness (QED) is 0.817. The van der Waals surface area contributed by atoms with E-state index in [0.29, 0.717) is 25.3 Å². The normalized spacial score (nSPS) is 10.4. The molecule has 0 unspecified atom stereocenters. The van der Waals surface area contributed by atoms with Gasteiger partial charge in [-0.3, -0.25) is 0 Å². The molecule has 0 saturated heterocycles. The summed E-state index contributed by atoms with van der Waals surface area (Å²) >= 11 is 3.33. The van der Waals surface area contributed by atoms with E-state index in [1.807, 2.05) is 30.3 Å². The van der Waals surface area contributed by atoms with Crippen LogP contribution in [0.4, 0.5) is 4.39 Å². The Balaban J connectivity index is 1.71. The first-order valence-electron chi connectivity index (χ1n) is 6.08. The van der Waals surface area contributed by atoms with Gasteiger partial charge in [0.1, 0.15) is 18.2 Å². The highest BCUT2D eigenvalue weighted by Crippen LogP contribution is 2.15. The van der Waals surface area contributed by atoms with Crippen molar-refractivity contribution < 1.29 is 9.13 Å². The average Bonchev–Trinajstić information content (AvgIpc) is 2.43. The minimum Gasteiger partial charge on any atom is -0.492 e. The van der Waals surface area contributed by atoms with Gasteiger partial charge in [-0.1, -0.05) is 34.1 Å². The molecule has 0 fully saturated rings. The predicted molar refractivity (Wildman–Crippen MR) is 77.7 cm³/mol. The molecule has 0 spiro atoms. The number of para-hydroxylation sites is 1. The molecule has 19 heavy (non-hydrogen) atoms. The highest BCUT2D eigenvalue weighted by molar-refractivity contribution is 9.10. The molecular formula is C15H15BrFNO. The van der Waals surface area contributed by atoms with Crippen molar-refractivity contribution in [3.63, 3.8) is 0 Å². The zero-order chi connectivity index (χ0) is 13.5. The van der Waals surface area contributed by atoms with E-state index in [4.69, 9.17) is 4.74 Å². The van der Waals surface area contributed by atoms with Crippen LogP contribution in [0.3, 0.4) is 0 Å². The Morgan fingerprint density at radius 3 is 2.68 bits per heavy atom. The molecular weight excluding hydrogens is 309 g/mol. The van der Waals surface area contributed by atoms with Crippen molar-refractivity contribution in [1.82, 2.24) is 5.32 Å². The summed E-state index contributed by atoms with van der Waals surface area (Å²) in [6, 6.07) is 14.6. The zero-order valence-electron chi connectivity index (χ0n) is 10.4. The molecule has 0 amide bonds. The summed E-state index contributed by atoms with van der Waals surface area (Å²) in [6.45, 7) is 1.71. The van der Waals surface area contributed by atoms with Crippen molar-refractivity contribution in [1.29, 1.82) is 0 Å². The second-order valence-corrected chi connectivity index (χ2v) is 4.99.